The molecule has 1 atom stereocenters. The third-order valence-corrected chi connectivity index (χ3v) is 3.25. The SMILES string of the molecule is O=C(CC(O)CCc1ccccc1)OCc1ccccc1. The van der Waals surface area contributed by atoms with Gasteiger partial charge in [0.1, 0.15) is 6.61 Å². The molecule has 3 heteroatoms. The molecule has 1 unspecified atom stereocenters. The standard InChI is InChI=1S/C18H20O3/c19-17(12-11-15-7-3-1-4-8-15)13-18(20)21-14-16-9-5-2-6-10-16/h1-10,17,19H,11-14H2. The van der Waals surface area contributed by atoms with Crippen molar-refractivity contribution in [3.05, 3.63) is 71.8 Å². The van der Waals surface area contributed by atoms with Crippen molar-refractivity contribution in [1.82, 2.24) is 0 Å². The van der Waals surface area contributed by atoms with Crippen molar-refractivity contribution < 1.29 is 14.6 Å². The highest BCUT2D eigenvalue weighted by Gasteiger charge is 2.12. The largest absolute Gasteiger partial charge is 0.461 e. The molecule has 21 heavy (non-hydrogen) atoms. The lowest BCUT2D eigenvalue weighted by Crippen LogP contribution is -2.16. The molecule has 0 fully saturated rings. The number of hydrogen-bond acceptors (Lipinski definition) is 3. The summed E-state index contributed by atoms with van der Waals surface area (Å²) in [6, 6.07) is 19.4. The van der Waals surface area contributed by atoms with Crippen LogP contribution in [0, 0.1) is 0 Å². The maximum atomic E-state index is 11.7. The van der Waals surface area contributed by atoms with Gasteiger partial charge >= 0.3 is 5.97 Å². The normalized spacial score (nSPS) is 11.9. The molecule has 0 aliphatic carbocycles. The number of benzene rings is 2. The second-order valence-corrected chi connectivity index (χ2v) is 5.03. The first-order chi connectivity index (χ1) is 10.2. The van der Waals surface area contributed by atoms with E-state index >= 15 is 0 Å². The highest BCUT2D eigenvalue weighted by atomic mass is 16.5. The predicted molar refractivity (Wildman–Crippen MR) is 81.6 cm³/mol. The Balaban J connectivity index is 1.67. The first kappa shape index (κ1) is 15.3. The second-order valence-electron chi connectivity index (χ2n) is 5.03. The van der Waals surface area contributed by atoms with E-state index in [1.165, 1.54) is 0 Å². The van der Waals surface area contributed by atoms with Crippen LogP contribution in [0.4, 0.5) is 0 Å². The van der Waals surface area contributed by atoms with E-state index < -0.39 is 6.10 Å². The van der Waals surface area contributed by atoms with Gasteiger partial charge in [-0.25, -0.2) is 0 Å². The minimum atomic E-state index is -0.659. The zero-order valence-corrected chi connectivity index (χ0v) is 11.9. The second kappa shape index (κ2) is 8.22. The lowest BCUT2D eigenvalue weighted by Gasteiger charge is -2.10. The average molecular weight is 284 g/mol. The van der Waals surface area contributed by atoms with Crippen LogP contribution < -0.4 is 0 Å². The quantitative estimate of drug-likeness (QED) is 0.795. The van der Waals surface area contributed by atoms with E-state index in [1.807, 2.05) is 60.7 Å². The minimum Gasteiger partial charge on any atom is -0.461 e. The van der Waals surface area contributed by atoms with Gasteiger partial charge in [0.15, 0.2) is 0 Å². The first-order valence-corrected chi connectivity index (χ1v) is 7.15. The highest BCUT2D eigenvalue weighted by molar-refractivity contribution is 5.69. The fourth-order valence-corrected chi connectivity index (χ4v) is 2.07. The van der Waals surface area contributed by atoms with Gasteiger partial charge in [-0.15, -0.1) is 0 Å². The number of rotatable bonds is 7. The molecule has 0 saturated carbocycles. The Labute approximate surface area is 125 Å². The molecule has 0 bridgehead atoms. The highest BCUT2D eigenvalue weighted by Crippen LogP contribution is 2.09. The van der Waals surface area contributed by atoms with Crippen molar-refractivity contribution in [2.75, 3.05) is 0 Å². The number of esters is 1. The molecule has 0 aliphatic rings. The molecule has 2 aromatic carbocycles. The summed E-state index contributed by atoms with van der Waals surface area (Å²) in [7, 11) is 0. The van der Waals surface area contributed by atoms with Crippen LogP contribution in [0.1, 0.15) is 24.0 Å². The molecular weight excluding hydrogens is 264 g/mol. The van der Waals surface area contributed by atoms with Gasteiger partial charge in [-0.3, -0.25) is 4.79 Å². The molecule has 0 radical (unpaired) electrons. The number of ether oxygens (including phenoxy) is 1. The molecule has 0 saturated heterocycles. The van der Waals surface area contributed by atoms with Crippen LogP contribution in [-0.2, 0) is 22.6 Å². The van der Waals surface area contributed by atoms with Crippen molar-refractivity contribution in [2.24, 2.45) is 0 Å². The van der Waals surface area contributed by atoms with E-state index in [0.717, 1.165) is 17.5 Å². The van der Waals surface area contributed by atoms with Crippen LogP contribution in [0.25, 0.3) is 0 Å². The molecule has 0 spiro atoms. The van der Waals surface area contributed by atoms with Crippen LogP contribution in [-0.4, -0.2) is 17.2 Å². The molecule has 2 rings (SSSR count). The van der Waals surface area contributed by atoms with Crippen molar-refractivity contribution in [2.45, 2.75) is 32.0 Å². The maximum Gasteiger partial charge on any atom is 0.308 e. The number of carbonyl (C=O) groups excluding carboxylic acids is 1. The Hall–Kier alpha value is -2.13. The molecular formula is C18H20O3. The van der Waals surface area contributed by atoms with Gasteiger partial charge in [0.05, 0.1) is 12.5 Å². The van der Waals surface area contributed by atoms with Gasteiger partial charge in [0.2, 0.25) is 0 Å². The summed E-state index contributed by atoms with van der Waals surface area (Å²) in [6.45, 7) is 0.255. The topological polar surface area (TPSA) is 46.5 Å². The van der Waals surface area contributed by atoms with Crippen LogP contribution in [0.3, 0.4) is 0 Å². The molecule has 0 heterocycles. The summed E-state index contributed by atoms with van der Waals surface area (Å²) in [5.74, 6) is -0.362. The molecule has 110 valence electrons. The van der Waals surface area contributed by atoms with E-state index in [0.29, 0.717) is 6.42 Å². The van der Waals surface area contributed by atoms with Gasteiger partial charge in [-0.2, -0.15) is 0 Å². The van der Waals surface area contributed by atoms with Gasteiger partial charge in [-0.1, -0.05) is 60.7 Å². The van der Waals surface area contributed by atoms with E-state index in [2.05, 4.69) is 0 Å². The first-order valence-electron chi connectivity index (χ1n) is 7.15. The molecule has 0 aromatic heterocycles. The van der Waals surface area contributed by atoms with Crippen LogP contribution >= 0.6 is 0 Å². The van der Waals surface area contributed by atoms with E-state index in [4.69, 9.17) is 4.74 Å². The molecule has 2 aromatic rings. The molecule has 0 amide bonds. The van der Waals surface area contributed by atoms with Crippen molar-refractivity contribution in [3.8, 4) is 0 Å². The summed E-state index contributed by atoms with van der Waals surface area (Å²) in [5, 5.41) is 9.88. The van der Waals surface area contributed by atoms with Gasteiger partial charge in [0.25, 0.3) is 0 Å². The fraction of sp³-hybridized carbons (Fsp3) is 0.278. The van der Waals surface area contributed by atoms with Crippen LogP contribution in [0.5, 0.6) is 0 Å². The third-order valence-electron chi connectivity index (χ3n) is 3.25. The molecule has 3 nitrogen and oxygen atoms in total. The number of aliphatic hydroxyl groups excluding tert-OH is 1. The van der Waals surface area contributed by atoms with Gasteiger partial charge in [-0.05, 0) is 24.0 Å². The van der Waals surface area contributed by atoms with E-state index in [-0.39, 0.29) is 19.0 Å². The van der Waals surface area contributed by atoms with Crippen LogP contribution in [0.2, 0.25) is 0 Å². The lowest BCUT2D eigenvalue weighted by molar-refractivity contribution is -0.147. The smallest absolute Gasteiger partial charge is 0.308 e. The lowest BCUT2D eigenvalue weighted by atomic mass is 10.1. The average Bonchev–Trinajstić information content (AvgIpc) is 2.53. The Morgan fingerprint density at radius 2 is 1.52 bits per heavy atom. The minimum absolute atomic E-state index is 0.0413. The number of carbonyl (C=O) groups is 1. The summed E-state index contributed by atoms with van der Waals surface area (Å²) in [4.78, 5) is 11.7. The van der Waals surface area contributed by atoms with E-state index in [9.17, 15) is 9.90 Å². The monoisotopic (exact) mass is 284 g/mol. The van der Waals surface area contributed by atoms with Gasteiger partial charge < -0.3 is 9.84 Å². The summed E-state index contributed by atoms with van der Waals surface area (Å²) >= 11 is 0. The summed E-state index contributed by atoms with van der Waals surface area (Å²) in [5.41, 5.74) is 2.11. The van der Waals surface area contributed by atoms with Crippen LogP contribution in [0.15, 0.2) is 60.7 Å². The summed E-state index contributed by atoms with van der Waals surface area (Å²) in [6.07, 6.45) is 0.700. The van der Waals surface area contributed by atoms with E-state index in [1.54, 1.807) is 0 Å². The Morgan fingerprint density at radius 3 is 2.14 bits per heavy atom. The third kappa shape index (κ3) is 5.79. The maximum absolute atomic E-state index is 11.7. The number of aliphatic hydroxyl groups is 1. The Kier molecular flexibility index (Phi) is 5.98. The van der Waals surface area contributed by atoms with Crippen molar-refractivity contribution in [3.63, 3.8) is 0 Å². The molecule has 1 N–H and O–H groups in total. The zero-order chi connectivity index (χ0) is 14.9. The van der Waals surface area contributed by atoms with Crippen molar-refractivity contribution in [1.29, 1.82) is 0 Å². The molecule has 0 aliphatic heterocycles. The fourth-order valence-electron chi connectivity index (χ4n) is 2.07. The van der Waals surface area contributed by atoms with Crippen molar-refractivity contribution >= 4 is 5.97 Å². The number of hydrogen-bond donors (Lipinski definition) is 1. The Bertz CT molecular complexity index is 537. The van der Waals surface area contributed by atoms with Gasteiger partial charge in [0, 0.05) is 0 Å². The Morgan fingerprint density at radius 1 is 0.952 bits per heavy atom. The zero-order valence-electron chi connectivity index (χ0n) is 11.9. The number of aryl methyl sites for hydroxylation is 1. The predicted octanol–water partition coefficient (Wildman–Crippen LogP) is 3.11. The summed E-state index contributed by atoms with van der Waals surface area (Å²) < 4.78 is 5.15.